The predicted molar refractivity (Wildman–Crippen MR) is 125 cm³/mol. The van der Waals surface area contributed by atoms with E-state index in [1.807, 2.05) is 24.3 Å². The minimum Gasteiger partial charge on any atom is -0.479 e. The van der Waals surface area contributed by atoms with Gasteiger partial charge in [-0.05, 0) is 42.0 Å². The van der Waals surface area contributed by atoms with Gasteiger partial charge in [0.15, 0.2) is 6.10 Å². The van der Waals surface area contributed by atoms with Crippen LogP contribution in [-0.2, 0) is 14.3 Å². The minimum atomic E-state index is -1.52. The molecule has 2 aromatic carbocycles. The van der Waals surface area contributed by atoms with E-state index in [-0.39, 0.29) is 31.4 Å². The molecule has 4 rings (SSSR count). The topological polar surface area (TPSA) is 125 Å². The van der Waals surface area contributed by atoms with Crippen molar-refractivity contribution in [3.8, 4) is 11.1 Å². The zero-order valence-electron chi connectivity index (χ0n) is 19.1. The first kappa shape index (κ1) is 23.8. The lowest BCUT2D eigenvalue weighted by Crippen LogP contribution is -2.51. The summed E-state index contributed by atoms with van der Waals surface area (Å²) in [5.74, 6) is -1.64. The molecule has 0 heterocycles. The van der Waals surface area contributed by atoms with Gasteiger partial charge in [0.25, 0.3) is 0 Å². The van der Waals surface area contributed by atoms with Crippen LogP contribution >= 0.6 is 0 Å². The number of hydrogen-bond acceptors (Lipinski definition) is 5. The Balaban J connectivity index is 1.35. The van der Waals surface area contributed by atoms with Gasteiger partial charge in [-0.15, -0.1) is 0 Å². The van der Waals surface area contributed by atoms with Crippen molar-refractivity contribution in [2.45, 2.75) is 50.7 Å². The van der Waals surface area contributed by atoms with Crippen LogP contribution in [0.25, 0.3) is 11.1 Å². The van der Waals surface area contributed by atoms with E-state index in [9.17, 15) is 19.5 Å². The van der Waals surface area contributed by atoms with Gasteiger partial charge in [-0.1, -0.05) is 55.0 Å². The molecule has 8 heteroatoms. The van der Waals surface area contributed by atoms with E-state index in [0.29, 0.717) is 12.8 Å². The number of rotatable bonds is 8. The smallest absolute Gasteiger partial charge is 0.407 e. The zero-order valence-corrected chi connectivity index (χ0v) is 19.1. The molecule has 1 saturated carbocycles. The van der Waals surface area contributed by atoms with E-state index in [0.717, 1.165) is 28.7 Å². The summed E-state index contributed by atoms with van der Waals surface area (Å²) >= 11 is 0. The summed E-state index contributed by atoms with van der Waals surface area (Å²) in [5, 5.41) is 23.7. The molecule has 4 N–H and O–H groups in total. The lowest BCUT2D eigenvalue weighted by molar-refractivity contribution is -0.147. The highest BCUT2D eigenvalue weighted by molar-refractivity contribution is 5.84. The van der Waals surface area contributed by atoms with Crippen molar-refractivity contribution < 1.29 is 29.3 Å². The number of carboxylic acids is 1. The van der Waals surface area contributed by atoms with Gasteiger partial charge in [-0.2, -0.15) is 0 Å². The van der Waals surface area contributed by atoms with Gasteiger partial charge in [0.2, 0.25) is 5.91 Å². The maximum Gasteiger partial charge on any atom is 0.407 e. The number of alkyl carbamates (subject to hydrolysis) is 1. The Hall–Kier alpha value is -3.39. The second kappa shape index (κ2) is 9.85. The summed E-state index contributed by atoms with van der Waals surface area (Å²) in [5.41, 5.74) is 3.73. The zero-order chi connectivity index (χ0) is 24.3. The van der Waals surface area contributed by atoms with Crippen LogP contribution in [-0.4, -0.2) is 53.5 Å². The molecule has 8 nitrogen and oxygen atoms in total. The molecule has 34 heavy (non-hydrogen) atoms. The molecule has 0 aliphatic heterocycles. The number of nitrogens with one attached hydrogen (secondary N) is 2. The molecular formula is C26H30N2O6. The minimum absolute atomic E-state index is 0.0412. The molecule has 2 aromatic rings. The highest BCUT2D eigenvalue weighted by Gasteiger charge is 2.46. The van der Waals surface area contributed by atoms with Crippen molar-refractivity contribution in [3.05, 3.63) is 59.7 Å². The van der Waals surface area contributed by atoms with E-state index in [1.165, 1.54) is 0 Å². The van der Waals surface area contributed by atoms with Crippen LogP contribution in [0, 0.1) is 5.41 Å². The van der Waals surface area contributed by atoms with E-state index in [4.69, 9.17) is 9.84 Å². The van der Waals surface area contributed by atoms with Gasteiger partial charge in [-0.25, -0.2) is 9.59 Å². The van der Waals surface area contributed by atoms with Gasteiger partial charge >= 0.3 is 12.1 Å². The number of carbonyl (C=O) groups excluding carboxylic acids is 2. The summed E-state index contributed by atoms with van der Waals surface area (Å²) in [7, 11) is 0. The Morgan fingerprint density at radius 1 is 1.09 bits per heavy atom. The van der Waals surface area contributed by atoms with Crippen LogP contribution in [0.15, 0.2) is 48.5 Å². The summed E-state index contributed by atoms with van der Waals surface area (Å²) in [4.78, 5) is 36.3. The van der Waals surface area contributed by atoms with Crippen LogP contribution < -0.4 is 10.6 Å². The van der Waals surface area contributed by atoms with Crippen molar-refractivity contribution in [3.63, 3.8) is 0 Å². The van der Waals surface area contributed by atoms with Crippen molar-refractivity contribution in [1.29, 1.82) is 0 Å². The number of aliphatic carboxylic acids is 1. The summed E-state index contributed by atoms with van der Waals surface area (Å²) < 4.78 is 5.63. The molecular weight excluding hydrogens is 436 g/mol. The molecule has 0 radical (unpaired) electrons. The third-order valence-corrected chi connectivity index (χ3v) is 7.10. The van der Waals surface area contributed by atoms with Gasteiger partial charge in [0.05, 0.1) is 5.41 Å². The van der Waals surface area contributed by atoms with Crippen molar-refractivity contribution in [1.82, 2.24) is 10.6 Å². The fraction of sp³-hybridized carbons (Fsp3) is 0.423. The molecule has 180 valence electrons. The largest absolute Gasteiger partial charge is 0.479 e. The summed E-state index contributed by atoms with van der Waals surface area (Å²) in [6, 6.07) is 15.8. The van der Waals surface area contributed by atoms with Crippen LogP contribution in [0.1, 0.15) is 49.7 Å². The van der Waals surface area contributed by atoms with Crippen molar-refractivity contribution in [2.75, 3.05) is 13.2 Å². The monoisotopic (exact) mass is 466 g/mol. The van der Waals surface area contributed by atoms with E-state index in [2.05, 4.69) is 34.9 Å². The standard InChI is InChI=1S/C26H30N2O6/c1-26(24(32)27-14-12-21(29)23(30)31)13-6-11-22(26)28-25(33)34-15-20-18-9-4-2-7-16(18)17-8-3-5-10-19(17)20/h2-5,7-10,20-22,29H,6,11-15H2,1H3,(H,27,32)(H,28,33)(H,30,31)/t21-,22?,26?/m0/s1. The Morgan fingerprint density at radius 3 is 2.32 bits per heavy atom. The lowest BCUT2D eigenvalue weighted by Gasteiger charge is -2.30. The maximum absolute atomic E-state index is 12.8. The molecule has 3 atom stereocenters. The third-order valence-electron chi connectivity index (χ3n) is 7.10. The number of benzene rings is 2. The molecule has 0 bridgehead atoms. The van der Waals surface area contributed by atoms with Crippen LogP contribution in [0.5, 0.6) is 0 Å². The number of hydrogen-bond donors (Lipinski definition) is 4. The van der Waals surface area contributed by atoms with Crippen LogP contribution in [0.4, 0.5) is 4.79 Å². The number of aliphatic hydroxyl groups is 1. The van der Waals surface area contributed by atoms with Gasteiger partial charge in [0.1, 0.15) is 6.61 Å². The second-order valence-electron chi connectivity index (χ2n) is 9.23. The van der Waals surface area contributed by atoms with E-state index in [1.54, 1.807) is 6.92 Å². The first-order valence-electron chi connectivity index (χ1n) is 11.6. The number of ether oxygens (including phenoxy) is 1. The number of amides is 2. The highest BCUT2D eigenvalue weighted by Crippen LogP contribution is 2.44. The average Bonchev–Trinajstić information content (AvgIpc) is 3.36. The van der Waals surface area contributed by atoms with Crippen LogP contribution in [0.3, 0.4) is 0 Å². The van der Waals surface area contributed by atoms with Gasteiger partial charge in [0, 0.05) is 24.9 Å². The molecule has 0 aromatic heterocycles. The number of carbonyl (C=O) groups is 3. The first-order valence-corrected chi connectivity index (χ1v) is 11.6. The molecule has 2 unspecified atom stereocenters. The van der Waals surface area contributed by atoms with Gasteiger partial charge < -0.3 is 25.6 Å². The first-order chi connectivity index (χ1) is 16.3. The van der Waals surface area contributed by atoms with E-state index < -0.39 is 29.6 Å². The number of carboxylic acid groups (broad SMARTS) is 1. The SMILES string of the molecule is CC1(C(=O)NCC[C@H](O)C(=O)O)CCCC1NC(=O)OCC1c2ccccc2-c2ccccc21. The fourth-order valence-electron chi connectivity index (χ4n) is 5.10. The Bertz CT molecular complexity index is 1040. The van der Waals surface area contributed by atoms with E-state index >= 15 is 0 Å². The summed E-state index contributed by atoms with van der Waals surface area (Å²) in [6.07, 6.45) is -0.154. The lowest BCUT2D eigenvalue weighted by atomic mass is 9.83. The number of aliphatic hydroxyl groups excluding tert-OH is 1. The molecule has 2 amide bonds. The van der Waals surface area contributed by atoms with Gasteiger partial charge in [-0.3, -0.25) is 4.79 Å². The Labute approximate surface area is 198 Å². The second-order valence-corrected chi connectivity index (χ2v) is 9.23. The molecule has 0 spiro atoms. The number of fused-ring (bicyclic) bond motifs is 3. The molecule has 0 saturated heterocycles. The van der Waals surface area contributed by atoms with Crippen molar-refractivity contribution in [2.24, 2.45) is 5.41 Å². The molecule has 1 fully saturated rings. The predicted octanol–water partition coefficient (Wildman–Crippen LogP) is 3.04. The molecule has 2 aliphatic rings. The molecule has 2 aliphatic carbocycles. The summed E-state index contributed by atoms with van der Waals surface area (Å²) in [6.45, 7) is 2.03. The third kappa shape index (κ3) is 4.63. The average molecular weight is 467 g/mol. The normalized spacial score (nSPS) is 21.9. The Morgan fingerprint density at radius 2 is 1.71 bits per heavy atom. The maximum atomic E-state index is 12.8. The van der Waals surface area contributed by atoms with Crippen LogP contribution in [0.2, 0.25) is 0 Å². The fourth-order valence-corrected chi connectivity index (χ4v) is 5.10. The highest BCUT2D eigenvalue weighted by atomic mass is 16.5. The quantitative estimate of drug-likeness (QED) is 0.474. The van der Waals surface area contributed by atoms with Crippen molar-refractivity contribution >= 4 is 18.0 Å². The Kier molecular flexibility index (Phi) is 6.88.